The smallest absolute Gasteiger partial charge is 0.303 e. The molecule has 0 aliphatic heterocycles. The number of fused-ring (bicyclic) bond motifs is 1. The molecule has 2 rings (SSSR count). The zero-order valence-corrected chi connectivity index (χ0v) is 18.3. The van der Waals surface area contributed by atoms with Crippen molar-refractivity contribution < 1.29 is 24.2 Å². The van der Waals surface area contributed by atoms with Gasteiger partial charge in [-0.2, -0.15) is 0 Å². The highest BCUT2D eigenvalue weighted by molar-refractivity contribution is 6.00. The summed E-state index contributed by atoms with van der Waals surface area (Å²) in [4.78, 5) is 38.9. The maximum atomic E-state index is 13.2. The number of nitrogens with zero attached hydrogens (tertiary/aromatic N) is 1. The van der Waals surface area contributed by atoms with Gasteiger partial charge < -0.3 is 20.1 Å². The molecule has 168 valence electrons. The summed E-state index contributed by atoms with van der Waals surface area (Å²) >= 11 is 0. The number of carboxylic acid groups (broad SMARTS) is 1. The van der Waals surface area contributed by atoms with Gasteiger partial charge in [0.15, 0.2) is 0 Å². The second-order valence-corrected chi connectivity index (χ2v) is 7.55. The predicted molar refractivity (Wildman–Crippen MR) is 120 cm³/mol. The molecule has 7 heteroatoms. The fourth-order valence-corrected chi connectivity index (χ4v) is 3.40. The SMILES string of the molecule is CCCCCN(CCOC)C(=O)C(CCC(=O)O)NC(=O)c1ccc2ccccc2c1. The van der Waals surface area contributed by atoms with Crippen LogP contribution in [0.3, 0.4) is 0 Å². The van der Waals surface area contributed by atoms with Crippen LogP contribution in [0.1, 0.15) is 49.4 Å². The molecule has 0 aliphatic rings. The molecule has 7 nitrogen and oxygen atoms in total. The minimum Gasteiger partial charge on any atom is -0.481 e. The Kier molecular flexibility index (Phi) is 9.97. The van der Waals surface area contributed by atoms with Gasteiger partial charge in [-0.3, -0.25) is 14.4 Å². The number of unbranched alkanes of at least 4 members (excludes halogenated alkanes) is 2. The molecule has 31 heavy (non-hydrogen) atoms. The second kappa shape index (κ2) is 12.7. The molecule has 2 amide bonds. The van der Waals surface area contributed by atoms with E-state index >= 15 is 0 Å². The van der Waals surface area contributed by atoms with Crippen molar-refractivity contribution in [2.75, 3.05) is 26.8 Å². The number of nitrogens with one attached hydrogen (secondary N) is 1. The van der Waals surface area contributed by atoms with Crippen molar-refractivity contribution in [1.82, 2.24) is 10.2 Å². The quantitative estimate of drug-likeness (QED) is 0.476. The standard InChI is InChI=1S/C24H32N2O5/c1-3-4-7-14-26(15-16-31-2)24(30)21(12-13-22(27)28)25-23(29)20-11-10-18-8-5-6-9-19(18)17-20/h5-6,8-11,17,21H,3-4,7,12-16H2,1-2H3,(H,25,29)(H,27,28). The predicted octanol–water partition coefficient (Wildman–Crippen LogP) is 3.47. The Labute approximate surface area is 183 Å². The number of amides is 2. The molecule has 2 N–H and O–H groups in total. The fourth-order valence-electron chi connectivity index (χ4n) is 3.40. The number of hydrogen-bond acceptors (Lipinski definition) is 4. The summed E-state index contributed by atoms with van der Waals surface area (Å²) < 4.78 is 5.12. The van der Waals surface area contributed by atoms with E-state index in [2.05, 4.69) is 12.2 Å². The van der Waals surface area contributed by atoms with Crippen molar-refractivity contribution >= 4 is 28.6 Å². The Balaban J connectivity index is 2.18. The number of methoxy groups -OCH3 is 1. The van der Waals surface area contributed by atoms with Crippen LogP contribution in [0.15, 0.2) is 42.5 Å². The van der Waals surface area contributed by atoms with E-state index in [-0.39, 0.29) is 18.7 Å². The lowest BCUT2D eigenvalue weighted by Gasteiger charge is -2.28. The van der Waals surface area contributed by atoms with Gasteiger partial charge in [-0.25, -0.2) is 0 Å². The number of carboxylic acids is 1. The molecule has 0 aromatic heterocycles. The molecule has 0 radical (unpaired) electrons. The number of ether oxygens (including phenoxy) is 1. The van der Waals surface area contributed by atoms with E-state index in [1.165, 1.54) is 0 Å². The molecule has 0 saturated heterocycles. The third-order valence-electron chi connectivity index (χ3n) is 5.17. The Morgan fingerprint density at radius 3 is 2.48 bits per heavy atom. The molecule has 0 spiro atoms. The fraction of sp³-hybridized carbons (Fsp3) is 0.458. The van der Waals surface area contributed by atoms with Gasteiger partial charge in [0.2, 0.25) is 5.91 Å². The van der Waals surface area contributed by atoms with E-state index in [0.717, 1.165) is 30.0 Å². The number of benzene rings is 2. The zero-order chi connectivity index (χ0) is 22.6. The van der Waals surface area contributed by atoms with Crippen LogP contribution in [0, 0.1) is 0 Å². The summed E-state index contributed by atoms with van der Waals surface area (Å²) in [6.07, 6.45) is 2.68. The highest BCUT2D eigenvalue weighted by Crippen LogP contribution is 2.16. The lowest BCUT2D eigenvalue weighted by atomic mass is 10.1. The molecule has 0 bridgehead atoms. The van der Waals surface area contributed by atoms with Crippen LogP contribution < -0.4 is 5.32 Å². The van der Waals surface area contributed by atoms with Gasteiger partial charge in [0, 0.05) is 32.2 Å². The van der Waals surface area contributed by atoms with E-state index < -0.39 is 17.9 Å². The highest BCUT2D eigenvalue weighted by atomic mass is 16.5. The van der Waals surface area contributed by atoms with Crippen LogP contribution >= 0.6 is 0 Å². The van der Waals surface area contributed by atoms with Gasteiger partial charge >= 0.3 is 5.97 Å². The lowest BCUT2D eigenvalue weighted by molar-refractivity contribution is -0.138. The Morgan fingerprint density at radius 1 is 1.06 bits per heavy atom. The maximum absolute atomic E-state index is 13.2. The van der Waals surface area contributed by atoms with Gasteiger partial charge in [-0.05, 0) is 35.7 Å². The molecule has 0 heterocycles. The molecular weight excluding hydrogens is 396 g/mol. The molecule has 0 aliphatic carbocycles. The van der Waals surface area contributed by atoms with Crippen LogP contribution in [0.25, 0.3) is 10.8 Å². The molecule has 0 saturated carbocycles. The summed E-state index contributed by atoms with van der Waals surface area (Å²) in [6, 6.07) is 12.1. The Morgan fingerprint density at radius 2 is 1.81 bits per heavy atom. The van der Waals surface area contributed by atoms with Crippen LogP contribution in [0.2, 0.25) is 0 Å². The number of rotatable bonds is 13. The summed E-state index contributed by atoms with van der Waals surface area (Å²) in [5, 5.41) is 13.8. The molecule has 2 aromatic rings. The van der Waals surface area contributed by atoms with Crippen molar-refractivity contribution in [2.24, 2.45) is 0 Å². The van der Waals surface area contributed by atoms with Crippen molar-refractivity contribution in [3.05, 3.63) is 48.0 Å². The van der Waals surface area contributed by atoms with Crippen molar-refractivity contribution in [1.29, 1.82) is 0 Å². The van der Waals surface area contributed by atoms with Gasteiger partial charge in [-0.1, -0.05) is 50.1 Å². The van der Waals surface area contributed by atoms with Gasteiger partial charge in [-0.15, -0.1) is 0 Å². The monoisotopic (exact) mass is 428 g/mol. The third kappa shape index (κ3) is 7.68. The average molecular weight is 429 g/mol. The van der Waals surface area contributed by atoms with Crippen LogP contribution in [0.4, 0.5) is 0 Å². The first kappa shape index (κ1) is 24.3. The molecular formula is C24H32N2O5. The summed E-state index contributed by atoms with van der Waals surface area (Å²) in [7, 11) is 1.57. The minimum atomic E-state index is -1.01. The first-order valence-electron chi connectivity index (χ1n) is 10.8. The summed E-state index contributed by atoms with van der Waals surface area (Å²) in [6.45, 7) is 3.41. The van der Waals surface area contributed by atoms with Crippen LogP contribution in [-0.4, -0.2) is 60.6 Å². The van der Waals surface area contributed by atoms with Gasteiger partial charge in [0.25, 0.3) is 5.91 Å². The number of carbonyl (C=O) groups is 3. The first-order valence-corrected chi connectivity index (χ1v) is 10.8. The van der Waals surface area contributed by atoms with E-state index in [4.69, 9.17) is 9.84 Å². The molecule has 2 aromatic carbocycles. The van der Waals surface area contributed by atoms with Crippen molar-refractivity contribution in [3.63, 3.8) is 0 Å². The van der Waals surface area contributed by atoms with E-state index in [9.17, 15) is 14.4 Å². The van der Waals surface area contributed by atoms with Crippen molar-refractivity contribution in [3.8, 4) is 0 Å². The van der Waals surface area contributed by atoms with E-state index in [0.29, 0.717) is 25.3 Å². The number of carbonyl (C=O) groups excluding carboxylic acids is 2. The summed E-state index contributed by atoms with van der Waals surface area (Å²) in [5.41, 5.74) is 0.432. The minimum absolute atomic E-state index is 0.0325. The third-order valence-corrected chi connectivity index (χ3v) is 5.17. The maximum Gasteiger partial charge on any atom is 0.303 e. The van der Waals surface area contributed by atoms with E-state index in [1.54, 1.807) is 24.1 Å². The summed E-state index contributed by atoms with van der Waals surface area (Å²) in [5.74, 6) is -1.68. The highest BCUT2D eigenvalue weighted by Gasteiger charge is 2.26. The normalized spacial score (nSPS) is 11.8. The van der Waals surface area contributed by atoms with Gasteiger partial charge in [0.05, 0.1) is 6.61 Å². The Hall–Kier alpha value is -2.93. The molecule has 1 atom stereocenters. The van der Waals surface area contributed by atoms with Crippen LogP contribution in [-0.2, 0) is 14.3 Å². The van der Waals surface area contributed by atoms with E-state index in [1.807, 2.05) is 30.3 Å². The molecule has 1 unspecified atom stereocenters. The average Bonchev–Trinajstić information content (AvgIpc) is 2.77. The van der Waals surface area contributed by atoms with Gasteiger partial charge in [0.1, 0.15) is 6.04 Å². The zero-order valence-electron chi connectivity index (χ0n) is 18.3. The van der Waals surface area contributed by atoms with Crippen LogP contribution in [0.5, 0.6) is 0 Å². The second-order valence-electron chi connectivity index (χ2n) is 7.55. The first-order chi connectivity index (χ1) is 15.0. The Bertz CT molecular complexity index is 883. The number of hydrogen-bond donors (Lipinski definition) is 2. The van der Waals surface area contributed by atoms with Crippen molar-refractivity contribution in [2.45, 2.75) is 45.1 Å². The topological polar surface area (TPSA) is 95.9 Å². The lowest BCUT2D eigenvalue weighted by Crippen LogP contribution is -2.50. The number of aliphatic carboxylic acids is 1. The molecule has 0 fully saturated rings. The largest absolute Gasteiger partial charge is 0.481 e.